The van der Waals surface area contributed by atoms with Crippen molar-refractivity contribution in [1.82, 2.24) is 0 Å². The van der Waals surface area contributed by atoms with Crippen LogP contribution in [0.5, 0.6) is 0 Å². The highest BCUT2D eigenvalue weighted by molar-refractivity contribution is 7.96. The van der Waals surface area contributed by atoms with Gasteiger partial charge in [-0.15, -0.1) is 0 Å². The fourth-order valence-electron chi connectivity index (χ4n) is 4.54. The van der Waals surface area contributed by atoms with E-state index in [-0.39, 0.29) is 0 Å². The van der Waals surface area contributed by atoms with E-state index in [0.717, 1.165) is 5.66 Å². The van der Waals surface area contributed by atoms with Crippen molar-refractivity contribution in [3.63, 3.8) is 0 Å². The second-order valence-corrected chi connectivity index (χ2v) is 11.4. The average molecular weight is 435 g/mol. The van der Waals surface area contributed by atoms with Gasteiger partial charge in [0.15, 0.2) is 0 Å². The number of carbonyl (C=O) groups is 2. The van der Waals surface area contributed by atoms with Crippen molar-refractivity contribution in [3.8, 4) is 0 Å². The van der Waals surface area contributed by atoms with Crippen LogP contribution in [0.15, 0.2) is 91.0 Å². The number of carboxylic acid groups (broad SMARTS) is 2. The summed E-state index contributed by atoms with van der Waals surface area (Å²) in [4.78, 5) is 18.2. The van der Waals surface area contributed by atoms with E-state index in [0.29, 0.717) is 0 Å². The molecule has 4 nitrogen and oxygen atoms in total. The van der Waals surface area contributed by atoms with Gasteiger partial charge in [0.05, 0.1) is 5.66 Å². The molecule has 0 unspecified atom stereocenters. The molecular weight excluding hydrogens is 407 g/mol. The molecule has 160 valence electrons. The number of benzene rings is 3. The van der Waals surface area contributed by atoms with Crippen molar-refractivity contribution < 1.29 is 19.8 Å². The largest absolute Gasteiger partial charge is 0.473 e. The van der Waals surface area contributed by atoms with Crippen molar-refractivity contribution >= 4 is 35.1 Å². The van der Waals surface area contributed by atoms with Crippen LogP contribution in [0.3, 0.4) is 0 Å². The molecule has 1 saturated carbocycles. The molecule has 0 bridgehead atoms. The average Bonchev–Trinajstić information content (AvgIpc) is 2.83. The van der Waals surface area contributed by atoms with Crippen LogP contribution in [0.4, 0.5) is 0 Å². The third-order valence-corrected chi connectivity index (χ3v) is 10.7. The molecule has 0 saturated heterocycles. The Hall–Kier alpha value is -2.97. The van der Waals surface area contributed by atoms with E-state index < -0.39 is 19.2 Å². The number of aliphatic carboxylic acids is 2. The minimum atomic E-state index is -1.82. The molecule has 0 aliphatic heterocycles. The molecule has 0 spiro atoms. The molecule has 3 aromatic carbocycles. The first kappa shape index (κ1) is 22.7. The predicted molar refractivity (Wildman–Crippen MR) is 127 cm³/mol. The van der Waals surface area contributed by atoms with Gasteiger partial charge < -0.3 is 10.2 Å². The molecule has 31 heavy (non-hydrogen) atoms. The fourth-order valence-corrected chi connectivity index (χ4v) is 9.76. The van der Waals surface area contributed by atoms with Crippen molar-refractivity contribution in [3.05, 3.63) is 91.0 Å². The van der Waals surface area contributed by atoms with E-state index in [2.05, 4.69) is 91.0 Å². The van der Waals surface area contributed by atoms with Gasteiger partial charge in [-0.1, -0.05) is 61.0 Å². The monoisotopic (exact) mass is 435 g/mol. The highest BCUT2D eigenvalue weighted by atomic mass is 31.2. The number of hydrogen-bond acceptors (Lipinski definition) is 2. The van der Waals surface area contributed by atoms with Gasteiger partial charge in [-0.2, -0.15) is 0 Å². The van der Waals surface area contributed by atoms with Crippen LogP contribution >= 0.6 is 7.26 Å². The van der Waals surface area contributed by atoms with E-state index in [1.165, 1.54) is 32.1 Å². The summed E-state index contributed by atoms with van der Waals surface area (Å²) in [5.74, 6) is -3.65. The summed E-state index contributed by atoms with van der Waals surface area (Å²) in [5.41, 5.74) is 0.758. The van der Waals surface area contributed by atoms with E-state index >= 15 is 0 Å². The zero-order valence-corrected chi connectivity index (χ0v) is 18.3. The van der Waals surface area contributed by atoms with Crippen LogP contribution in [0.1, 0.15) is 32.1 Å². The molecule has 2 N–H and O–H groups in total. The van der Waals surface area contributed by atoms with Gasteiger partial charge in [0.1, 0.15) is 23.2 Å². The summed E-state index contributed by atoms with van der Waals surface area (Å²) < 4.78 is 0. The Morgan fingerprint density at radius 2 is 0.903 bits per heavy atom. The lowest BCUT2D eigenvalue weighted by molar-refractivity contribution is -0.159. The predicted octanol–water partition coefficient (Wildman–Crippen LogP) is 4.47. The molecule has 3 aromatic rings. The second-order valence-electron chi connectivity index (χ2n) is 7.63. The summed E-state index contributed by atoms with van der Waals surface area (Å²) in [6, 6.07) is 34.0. The molecular formula is C26H28O4P+. The van der Waals surface area contributed by atoms with Crippen LogP contribution in [0, 0.1) is 0 Å². The SMILES string of the molecule is O=C(O)C(=O)O.c1ccc([P+](c2ccccc2)(c2ccccc2)C2CCCCC2)cc1. The normalized spacial score (nSPS) is 14.2. The number of hydrogen-bond donors (Lipinski definition) is 2. The topological polar surface area (TPSA) is 74.6 Å². The second kappa shape index (κ2) is 10.9. The van der Waals surface area contributed by atoms with Gasteiger partial charge in [0, 0.05) is 0 Å². The van der Waals surface area contributed by atoms with Gasteiger partial charge >= 0.3 is 11.9 Å². The van der Waals surface area contributed by atoms with Crippen LogP contribution in [0.2, 0.25) is 0 Å². The minimum absolute atomic E-state index is 0.758. The molecule has 1 aliphatic carbocycles. The lowest BCUT2D eigenvalue weighted by atomic mass is 10.0. The van der Waals surface area contributed by atoms with Gasteiger partial charge in [-0.25, -0.2) is 9.59 Å². The highest BCUT2D eigenvalue weighted by Gasteiger charge is 2.51. The van der Waals surface area contributed by atoms with Gasteiger partial charge in [-0.05, 0) is 62.1 Å². The molecule has 0 heterocycles. The lowest BCUT2D eigenvalue weighted by Gasteiger charge is -2.36. The fraction of sp³-hybridized carbons (Fsp3) is 0.231. The zero-order chi connectivity index (χ0) is 22.1. The minimum Gasteiger partial charge on any atom is -0.473 e. The Labute approximate surface area is 183 Å². The Kier molecular flexibility index (Phi) is 7.97. The van der Waals surface area contributed by atoms with Crippen LogP contribution in [0.25, 0.3) is 0 Å². The van der Waals surface area contributed by atoms with Gasteiger partial charge in [0.2, 0.25) is 0 Å². The maximum atomic E-state index is 9.10. The molecule has 0 aromatic heterocycles. The summed E-state index contributed by atoms with van der Waals surface area (Å²) in [6.07, 6.45) is 6.85. The molecule has 0 radical (unpaired) electrons. The van der Waals surface area contributed by atoms with Gasteiger partial charge in [-0.3, -0.25) is 0 Å². The van der Waals surface area contributed by atoms with Crippen molar-refractivity contribution in [2.24, 2.45) is 0 Å². The Morgan fingerprint density at radius 3 is 1.19 bits per heavy atom. The summed E-state index contributed by atoms with van der Waals surface area (Å²) in [5, 5.41) is 19.4. The summed E-state index contributed by atoms with van der Waals surface area (Å²) >= 11 is 0. The zero-order valence-electron chi connectivity index (χ0n) is 17.4. The molecule has 0 amide bonds. The quantitative estimate of drug-likeness (QED) is 0.469. The Bertz CT molecular complexity index is 859. The van der Waals surface area contributed by atoms with E-state index in [9.17, 15) is 0 Å². The maximum Gasteiger partial charge on any atom is 0.414 e. The maximum absolute atomic E-state index is 9.10. The molecule has 0 atom stereocenters. The standard InChI is InChI=1S/C24H26P.C2H2O4/c1-5-13-21(14-6-1)25(22-15-7-2-8-16-22,23-17-9-3-10-18-23)24-19-11-4-12-20-24;3-1(4)2(5)6/h1-3,5-10,13-18,24H,4,11-12,19-20H2;(H,3,4)(H,5,6)/q+1;. The van der Waals surface area contributed by atoms with Gasteiger partial charge in [0.25, 0.3) is 0 Å². The van der Waals surface area contributed by atoms with Crippen molar-refractivity contribution in [1.29, 1.82) is 0 Å². The molecule has 1 aliphatic rings. The third-order valence-electron chi connectivity index (χ3n) is 5.80. The summed E-state index contributed by atoms with van der Waals surface area (Å²) in [7, 11) is -1.63. The molecule has 1 fully saturated rings. The first-order chi connectivity index (χ1) is 15.1. The van der Waals surface area contributed by atoms with Crippen molar-refractivity contribution in [2.45, 2.75) is 37.8 Å². The smallest absolute Gasteiger partial charge is 0.414 e. The van der Waals surface area contributed by atoms with Crippen LogP contribution < -0.4 is 15.9 Å². The van der Waals surface area contributed by atoms with Crippen LogP contribution in [-0.4, -0.2) is 27.8 Å². The first-order valence-corrected chi connectivity index (χ1v) is 12.4. The van der Waals surface area contributed by atoms with Crippen molar-refractivity contribution in [2.75, 3.05) is 0 Å². The number of carboxylic acids is 2. The number of rotatable bonds is 4. The van der Waals surface area contributed by atoms with E-state index in [1.54, 1.807) is 15.9 Å². The van der Waals surface area contributed by atoms with E-state index in [4.69, 9.17) is 19.8 Å². The molecule has 4 rings (SSSR count). The van der Waals surface area contributed by atoms with Crippen LogP contribution in [-0.2, 0) is 9.59 Å². The summed E-state index contributed by atoms with van der Waals surface area (Å²) in [6.45, 7) is 0. The van der Waals surface area contributed by atoms with E-state index in [1.807, 2.05) is 0 Å². The third kappa shape index (κ3) is 5.21. The highest BCUT2D eigenvalue weighted by Crippen LogP contribution is 2.63. The Balaban J connectivity index is 0.000000401. The lowest BCUT2D eigenvalue weighted by Crippen LogP contribution is -2.39. The Morgan fingerprint density at radius 1 is 0.581 bits per heavy atom. The molecule has 5 heteroatoms. The first-order valence-electron chi connectivity index (χ1n) is 10.6.